The SMILES string of the molecule is Cc1ccc(-c2nc3cc(C(C)(C)C)ccc3o2)cc1F. The predicted octanol–water partition coefficient (Wildman–Crippen LogP) is 5.24. The van der Waals surface area contributed by atoms with Gasteiger partial charge in [-0.05, 0) is 47.7 Å². The lowest BCUT2D eigenvalue weighted by Gasteiger charge is -2.18. The van der Waals surface area contributed by atoms with Crippen LogP contribution in [0.1, 0.15) is 31.9 Å². The number of oxazole rings is 1. The van der Waals surface area contributed by atoms with Gasteiger partial charge >= 0.3 is 0 Å². The molecule has 0 fully saturated rings. The molecule has 3 rings (SSSR count). The summed E-state index contributed by atoms with van der Waals surface area (Å²) in [5, 5.41) is 0. The lowest BCUT2D eigenvalue weighted by atomic mass is 9.87. The van der Waals surface area contributed by atoms with Crippen molar-refractivity contribution in [2.75, 3.05) is 0 Å². The number of aryl methyl sites for hydroxylation is 1. The van der Waals surface area contributed by atoms with Crippen molar-refractivity contribution in [3.63, 3.8) is 0 Å². The molecule has 0 radical (unpaired) electrons. The second-order valence-electron chi connectivity index (χ2n) is 6.42. The van der Waals surface area contributed by atoms with E-state index < -0.39 is 0 Å². The molecule has 21 heavy (non-hydrogen) atoms. The second-order valence-corrected chi connectivity index (χ2v) is 6.42. The maximum atomic E-state index is 13.7. The fourth-order valence-corrected chi connectivity index (χ4v) is 2.24. The van der Waals surface area contributed by atoms with E-state index in [0.717, 1.165) is 11.1 Å². The van der Waals surface area contributed by atoms with Crippen LogP contribution in [0.3, 0.4) is 0 Å². The van der Waals surface area contributed by atoms with Gasteiger partial charge in [0.05, 0.1) is 0 Å². The van der Waals surface area contributed by atoms with E-state index in [9.17, 15) is 4.39 Å². The predicted molar refractivity (Wildman–Crippen MR) is 82.8 cm³/mol. The Morgan fingerprint density at radius 2 is 1.81 bits per heavy atom. The van der Waals surface area contributed by atoms with Crippen LogP contribution in [-0.4, -0.2) is 4.98 Å². The van der Waals surface area contributed by atoms with Crippen LogP contribution in [-0.2, 0) is 5.41 Å². The summed E-state index contributed by atoms with van der Waals surface area (Å²) in [6.45, 7) is 8.21. The standard InChI is InChI=1S/C18H18FNO/c1-11-5-6-12(9-14(11)19)17-20-15-10-13(18(2,3)4)7-8-16(15)21-17/h5-10H,1-4H3. The van der Waals surface area contributed by atoms with Gasteiger partial charge < -0.3 is 4.42 Å². The van der Waals surface area contributed by atoms with Gasteiger partial charge in [-0.15, -0.1) is 0 Å². The molecule has 0 aliphatic carbocycles. The number of rotatable bonds is 1. The third-order valence-corrected chi connectivity index (χ3v) is 3.67. The Morgan fingerprint density at radius 3 is 2.48 bits per heavy atom. The van der Waals surface area contributed by atoms with Gasteiger partial charge in [-0.3, -0.25) is 0 Å². The van der Waals surface area contributed by atoms with Crippen LogP contribution in [0.5, 0.6) is 0 Å². The van der Waals surface area contributed by atoms with Crippen molar-refractivity contribution in [2.24, 2.45) is 0 Å². The first-order chi connectivity index (χ1) is 9.84. The van der Waals surface area contributed by atoms with Crippen molar-refractivity contribution in [3.8, 4) is 11.5 Å². The van der Waals surface area contributed by atoms with Crippen LogP contribution in [0.4, 0.5) is 4.39 Å². The first-order valence-corrected chi connectivity index (χ1v) is 7.02. The first-order valence-electron chi connectivity index (χ1n) is 7.02. The third-order valence-electron chi connectivity index (χ3n) is 3.67. The van der Waals surface area contributed by atoms with Gasteiger partial charge in [0.15, 0.2) is 5.58 Å². The van der Waals surface area contributed by atoms with Crippen LogP contribution in [0.15, 0.2) is 40.8 Å². The Hall–Kier alpha value is -2.16. The maximum Gasteiger partial charge on any atom is 0.227 e. The summed E-state index contributed by atoms with van der Waals surface area (Å²) in [7, 11) is 0. The highest BCUT2D eigenvalue weighted by Gasteiger charge is 2.16. The van der Waals surface area contributed by atoms with Crippen molar-refractivity contribution in [1.29, 1.82) is 0 Å². The molecule has 0 aliphatic rings. The van der Waals surface area contributed by atoms with E-state index in [-0.39, 0.29) is 11.2 Å². The van der Waals surface area contributed by atoms with Crippen LogP contribution in [0.25, 0.3) is 22.6 Å². The van der Waals surface area contributed by atoms with Crippen LogP contribution in [0, 0.1) is 12.7 Å². The molecule has 1 heterocycles. The lowest BCUT2D eigenvalue weighted by molar-refractivity contribution is 0.589. The number of benzene rings is 2. The largest absolute Gasteiger partial charge is 0.436 e. The molecule has 0 unspecified atom stereocenters. The van der Waals surface area contributed by atoms with Crippen molar-refractivity contribution in [1.82, 2.24) is 4.98 Å². The molecule has 3 aromatic rings. The Balaban J connectivity index is 2.10. The molecule has 108 valence electrons. The number of hydrogen-bond donors (Lipinski definition) is 0. The molecule has 0 bridgehead atoms. The fraction of sp³-hybridized carbons (Fsp3) is 0.278. The van der Waals surface area contributed by atoms with E-state index in [1.54, 1.807) is 13.0 Å². The molecule has 0 spiro atoms. The molecule has 0 aliphatic heterocycles. The molecule has 0 amide bonds. The van der Waals surface area contributed by atoms with Gasteiger partial charge in [-0.1, -0.05) is 32.9 Å². The Bertz CT molecular complexity index is 812. The summed E-state index contributed by atoms with van der Waals surface area (Å²) in [4.78, 5) is 4.49. The monoisotopic (exact) mass is 283 g/mol. The van der Waals surface area contributed by atoms with E-state index in [4.69, 9.17) is 4.42 Å². The topological polar surface area (TPSA) is 26.0 Å². The average Bonchev–Trinajstić information content (AvgIpc) is 2.83. The van der Waals surface area contributed by atoms with E-state index >= 15 is 0 Å². The molecule has 0 saturated carbocycles. The van der Waals surface area contributed by atoms with Gasteiger partial charge in [0, 0.05) is 5.56 Å². The maximum absolute atomic E-state index is 13.7. The van der Waals surface area contributed by atoms with Crippen molar-refractivity contribution < 1.29 is 8.81 Å². The minimum atomic E-state index is -0.245. The van der Waals surface area contributed by atoms with E-state index in [1.807, 2.05) is 24.3 Å². The normalized spacial score (nSPS) is 12.0. The number of hydrogen-bond acceptors (Lipinski definition) is 2. The minimum Gasteiger partial charge on any atom is -0.436 e. The van der Waals surface area contributed by atoms with Gasteiger partial charge in [0.1, 0.15) is 11.3 Å². The highest BCUT2D eigenvalue weighted by Crippen LogP contribution is 2.29. The lowest BCUT2D eigenvalue weighted by Crippen LogP contribution is -2.10. The van der Waals surface area contributed by atoms with Crippen molar-refractivity contribution in [2.45, 2.75) is 33.1 Å². The Labute approximate surface area is 123 Å². The highest BCUT2D eigenvalue weighted by molar-refractivity contribution is 5.77. The molecule has 0 N–H and O–H groups in total. The summed E-state index contributed by atoms with van der Waals surface area (Å²) in [5.41, 5.74) is 4.06. The summed E-state index contributed by atoms with van der Waals surface area (Å²) >= 11 is 0. The molecule has 3 heteroatoms. The zero-order valence-electron chi connectivity index (χ0n) is 12.7. The quantitative estimate of drug-likeness (QED) is 0.610. The van der Waals surface area contributed by atoms with E-state index in [0.29, 0.717) is 17.0 Å². The average molecular weight is 283 g/mol. The number of halogens is 1. The van der Waals surface area contributed by atoms with Crippen LogP contribution in [0.2, 0.25) is 0 Å². The first kappa shape index (κ1) is 13.8. The minimum absolute atomic E-state index is 0.0588. The molecular weight excluding hydrogens is 265 g/mol. The summed E-state index contributed by atoms with van der Waals surface area (Å²) in [5.74, 6) is 0.208. The third kappa shape index (κ3) is 2.56. The highest BCUT2D eigenvalue weighted by atomic mass is 19.1. The van der Waals surface area contributed by atoms with E-state index in [2.05, 4.69) is 25.8 Å². The molecule has 2 aromatic carbocycles. The fourth-order valence-electron chi connectivity index (χ4n) is 2.24. The van der Waals surface area contributed by atoms with Gasteiger partial charge in [0.25, 0.3) is 0 Å². The Kier molecular flexibility index (Phi) is 3.08. The smallest absolute Gasteiger partial charge is 0.227 e. The molecule has 0 atom stereocenters. The number of aromatic nitrogens is 1. The summed E-state index contributed by atoms with van der Waals surface area (Å²) < 4.78 is 19.4. The van der Waals surface area contributed by atoms with Crippen molar-refractivity contribution >= 4 is 11.1 Å². The summed E-state index contributed by atoms with van der Waals surface area (Å²) in [6.07, 6.45) is 0. The number of nitrogens with zero attached hydrogens (tertiary/aromatic N) is 1. The molecular formula is C18H18FNO. The number of fused-ring (bicyclic) bond motifs is 1. The molecule has 0 saturated heterocycles. The van der Waals surface area contributed by atoms with Crippen LogP contribution >= 0.6 is 0 Å². The second kappa shape index (κ2) is 4.69. The van der Waals surface area contributed by atoms with Crippen LogP contribution < -0.4 is 0 Å². The molecule has 2 nitrogen and oxygen atoms in total. The van der Waals surface area contributed by atoms with Gasteiger partial charge in [-0.25, -0.2) is 9.37 Å². The van der Waals surface area contributed by atoms with Gasteiger partial charge in [-0.2, -0.15) is 0 Å². The van der Waals surface area contributed by atoms with Gasteiger partial charge in [0.2, 0.25) is 5.89 Å². The summed E-state index contributed by atoms with van der Waals surface area (Å²) in [6, 6.07) is 11.0. The zero-order valence-corrected chi connectivity index (χ0v) is 12.7. The van der Waals surface area contributed by atoms with Crippen molar-refractivity contribution in [3.05, 3.63) is 53.3 Å². The zero-order chi connectivity index (χ0) is 15.2. The van der Waals surface area contributed by atoms with E-state index in [1.165, 1.54) is 11.6 Å². The Morgan fingerprint density at radius 1 is 1.05 bits per heavy atom. The molecule has 1 aromatic heterocycles.